The first-order valence-corrected chi connectivity index (χ1v) is 6.30. The topological polar surface area (TPSA) is 12.0 Å². The highest BCUT2D eigenvalue weighted by molar-refractivity contribution is 9.09. The molecule has 0 heterocycles. The Morgan fingerprint density at radius 3 is 2.87 bits per heavy atom. The maximum absolute atomic E-state index is 13.0. The Balaban J connectivity index is 2.53. The van der Waals surface area contributed by atoms with Crippen molar-refractivity contribution >= 4 is 15.9 Å². The molecule has 1 N–H and O–H groups in total. The van der Waals surface area contributed by atoms with Crippen LogP contribution < -0.4 is 5.32 Å². The monoisotopic (exact) mass is 273 g/mol. The predicted molar refractivity (Wildman–Crippen MR) is 65.8 cm³/mol. The molecule has 1 rings (SSSR count). The van der Waals surface area contributed by atoms with Crippen molar-refractivity contribution in [1.82, 2.24) is 5.32 Å². The number of rotatable bonds is 5. The third-order valence-corrected chi connectivity index (χ3v) is 2.95. The molecule has 0 aromatic heterocycles. The summed E-state index contributed by atoms with van der Waals surface area (Å²) in [5.74, 6) is -0.162. The zero-order valence-corrected chi connectivity index (χ0v) is 10.8. The fourth-order valence-corrected chi connectivity index (χ4v) is 2.07. The lowest BCUT2D eigenvalue weighted by Gasteiger charge is -2.13. The molecule has 1 aromatic carbocycles. The molecule has 1 aromatic rings. The van der Waals surface area contributed by atoms with Crippen molar-refractivity contribution in [3.05, 3.63) is 35.1 Å². The highest BCUT2D eigenvalue weighted by Crippen LogP contribution is 2.10. The van der Waals surface area contributed by atoms with E-state index in [1.807, 2.05) is 13.0 Å². The van der Waals surface area contributed by atoms with Gasteiger partial charge in [0.2, 0.25) is 0 Å². The molecule has 0 saturated carbocycles. The van der Waals surface area contributed by atoms with Crippen LogP contribution in [0.3, 0.4) is 0 Å². The van der Waals surface area contributed by atoms with E-state index in [1.165, 1.54) is 6.07 Å². The normalized spacial score (nSPS) is 12.8. The molecule has 0 bridgehead atoms. The average molecular weight is 274 g/mol. The molecule has 1 unspecified atom stereocenters. The molecule has 0 saturated heterocycles. The molecular formula is C12H17BrFN. The van der Waals surface area contributed by atoms with Gasteiger partial charge in [0.15, 0.2) is 0 Å². The summed E-state index contributed by atoms with van der Waals surface area (Å²) < 4.78 is 13.0. The summed E-state index contributed by atoms with van der Waals surface area (Å²) in [5, 5.41) is 4.36. The van der Waals surface area contributed by atoms with Gasteiger partial charge in [-0.3, -0.25) is 0 Å². The summed E-state index contributed by atoms with van der Waals surface area (Å²) in [6, 6.07) is 5.37. The van der Waals surface area contributed by atoms with Gasteiger partial charge in [-0.1, -0.05) is 22.0 Å². The van der Waals surface area contributed by atoms with Crippen LogP contribution in [0.2, 0.25) is 0 Å². The quantitative estimate of drug-likeness (QED) is 0.811. The van der Waals surface area contributed by atoms with Crippen molar-refractivity contribution in [2.75, 3.05) is 5.33 Å². The van der Waals surface area contributed by atoms with Crippen molar-refractivity contribution in [3.8, 4) is 0 Å². The Kier molecular flexibility index (Phi) is 5.26. The van der Waals surface area contributed by atoms with Crippen LogP contribution in [0.4, 0.5) is 4.39 Å². The lowest BCUT2D eigenvalue weighted by molar-refractivity contribution is 0.535. The van der Waals surface area contributed by atoms with Gasteiger partial charge in [-0.05, 0) is 43.5 Å². The maximum atomic E-state index is 13.0. The third kappa shape index (κ3) is 4.31. The van der Waals surface area contributed by atoms with Crippen LogP contribution in [-0.2, 0) is 6.54 Å². The van der Waals surface area contributed by atoms with Crippen LogP contribution in [0.15, 0.2) is 18.2 Å². The summed E-state index contributed by atoms with van der Waals surface area (Å²) in [6.07, 6.45) is 1.08. The predicted octanol–water partition coefficient (Wildman–Crippen LogP) is 3.40. The van der Waals surface area contributed by atoms with Crippen molar-refractivity contribution in [1.29, 1.82) is 0 Å². The lowest BCUT2D eigenvalue weighted by Crippen LogP contribution is -2.26. The Hall–Kier alpha value is -0.410. The van der Waals surface area contributed by atoms with Gasteiger partial charge in [0.1, 0.15) is 5.82 Å². The summed E-state index contributed by atoms with van der Waals surface area (Å²) in [4.78, 5) is 0. The minimum Gasteiger partial charge on any atom is -0.310 e. The lowest BCUT2D eigenvalue weighted by atomic mass is 10.1. The highest BCUT2D eigenvalue weighted by atomic mass is 79.9. The number of hydrogen-bond donors (Lipinski definition) is 1. The Labute approximate surface area is 99.2 Å². The number of nitrogens with one attached hydrogen (secondary N) is 1. The summed E-state index contributed by atoms with van der Waals surface area (Å²) >= 11 is 3.40. The van der Waals surface area contributed by atoms with Crippen LogP contribution in [0.5, 0.6) is 0 Å². The molecule has 1 atom stereocenters. The fraction of sp³-hybridized carbons (Fsp3) is 0.500. The summed E-state index contributed by atoms with van der Waals surface area (Å²) in [5.41, 5.74) is 2.17. The van der Waals surface area contributed by atoms with Gasteiger partial charge in [-0.2, -0.15) is 0 Å². The van der Waals surface area contributed by atoms with Crippen LogP contribution in [0.25, 0.3) is 0 Å². The minimum atomic E-state index is -0.162. The Bertz CT molecular complexity index is 314. The number of hydrogen-bond acceptors (Lipinski definition) is 1. The van der Waals surface area contributed by atoms with Crippen LogP contribution in [0, 0.1) is 12.7 Å². The fourth-order valence-electron chi connectivity index (χ4n) is 1.38. The van der Waals surface area contributed by atoms with Gasteiger partial charge in [0, 0.05) is 17.9 Å². The molecule has 3 heteroatoms. The van der Waals surface area contributed by atoms with E-state index in [9.17, 15) is 4.39 Å². The first-order chi connectivity index (χ1) is 7.13. The van der Waals surface area contributed by atoms with Gasteiger partial charge in [-0.25, -0.2) is 4.39 Å². The van der Waals surface area contributed by atoms with Gasteiger partial charge in [-0.15, -0.1) is 0 Å². The summed E-state index contributed by atoms with van der Waals surface area (Å²) in [6.45, 7) is 4.87. The van der Waals surface area contributed by atoms with E-state index in [1.54, 1.807) is 6.07 Å². The Morgan fingerprint density at radius 1 is 1.47 bits per heavy atom. The molecular weight excluding hydrogens is 257 g/mol. The van der Waals surface area contributed by atoms with Gasteiger partial charge >= 0.3 is 0 Å². The molecule has 0 spiro atoms. The third-order valence-electron chi connectivity index (χ3n) is 2.49. The highest BCUT2D eigenvalue weighted by Gasteiger charge is 2.03. The number of halogens is 2. The second kappa shape index (κ2) is 6.23. The number of benzene rings is 1. The SMILES string of the molecule is Cc1ccc(F)cc1CNC(C)CCBr. The van der Waals surface area contributed by atoms with E-state index >= 15 is 0 Å². The molecule has 0 fully saturated rings. The van der Waals surface area contributed by atoms with E-state index in [0.717, 1.165) is 29.4 Å². The standard InChI is InChI=1S/C12H17BrFN/c1-9-3-4-12(14)7-11(9)8-15-10(2)5-6-13/h3-4,7,10,15H,5-6,8H2,1-2H3. The van der Waals surface area contributed by atoms with Crippen LogP contribution >= 0.6 is 15.9 Å². The molecule has 15 heavy (non-hydrogen) atoms. The van der Waals surface area contributed by atoms with Crippen LogP contribution in [0.1, 0.15) is 24.5 Å². The van der Waals surface area contributed by atoms with E-state index in [4.69, 9.17) is 0 Å². The van der Waals surface area contributed by atoms with Gasteiger partial charge in [0.05, 0.1) is 0 Å². The molecule has 0 aliphatic heterocycles. The van der Waals surface area contributed by atoms with E-state index in [-0.39, 0.29) is 5.82 Å². The molecule has 84 valence electrons. The number of alkyl halides is 1. The van der Waals surface area contributed by atoms with Crippen molar-refractivity contribution < 1.29 is 4.39 Å². The molecule has 0 aliphatic carbocycles. The van der Waals surface area contributed by atoms with Crippen molar-refractivity contribution in [2.45, 2.75) is 32.9 Å². The molecule has 1 nitrogen and oxygen atoms in total. The van der Waals surface area contributed by atoms with E-state index in [2.05, 4.69) is 28.2 Å². The zero-order valence-electron chi connectivity index (χ0n) is 9.19. The zero-order chi connectivity index (χ0) is 11.3. The van der Waals surface area contributed by atoms with Crippen molar-refractivity contribution in [3.63, 3.8) is 0 Å². The minimum absolute atomic E-state index is 0.162. The number of aryl methyl sites for hydroxylation is 1. The van der Waals surface area contributed by atoms with Crippen molar-refractivity contribution in [2.24, 2.45) is 0 Å². The van der Waals surface area contributed by atoms with Gasteiger partial charge in [0.25, 0.3) is 0 Å². The average Bonchev–Trinajstić information content (AvgIpc) is 2.20. The summed E-state index contributed by atoms with van der Waals surface area (Å²) in [7, 11) is 0. The Morgan fingerprint density at radius 2 is 2.20 bits per heavy atom. The second-order valence-corrected chi connectivity index (χ2v) is 4.62. The molecule has 0 amide bonds. The van der Waals surface area contributed by atoms with E-state index < -0.39 is 0 Å². The maximum Gasteiger partial charge on any atom is 0.123 e. The molecule has 0 aliphatic rings. The first kappa shape index (κ1) is 12.7. The second-order valence-electron chi connectivity index (χ2n) is 3.83. The largest absolute Gasteiger partial charge is 0.310 e. The smallest absolute Gasteiger partial charge is 0.123 e. The molecule has 0 radical (unpaired) electrons. The van der Waals surface area contributed by atoms with E-state index in [0.29, 0.717) is 6.04 Å². The van der Waals surface area contributed by atoms with Gasteiger partial charge < -0.3 is 5.32 Å². The first-order valence-electron chi connectivity index (χ1n) is 5.18. The van der Waals surface area contributed by atoms with Crippen LogP contribution in [-0.4, -0.2) is 11.4 Å².